The summed E-state index contributed by atoms with van der Waals surface area (Å²) in [5, 5.41) is 2.78. The van der Waals surface area contributed by atoms with Gasteiger partial charge in [0.2, 0.25) is 0 Å². The van der Waals surface area contributed by atoms with Crippen molar-refractivity contribution in [2.24, 2.45) is 0 Å². The minimum atomic E-state index is -0.532. The minimum Gasteiger partial charge on any atom is -0.493 e. The Bertz CT molecular complexity index is 929. The fraction of sp³-hybridized carbons (Fsp3) is 0.250. The maximum atomic E-state index is 12.6. The molecule has 152 valence electrons. The number of nitrogens with zero attached hydrogens (tertiary/aromatic N) is 1. The number of anilines is 2. The first-order chi connectivity index (χ1) is 14.0. The van der Waals surface area contributed by atoms with E-state index in [1.54, 1.807) is 30.3 Å². The Balaban J connectivity index is 1.72. The predicted molar refractivity (Wildman–Crippen MR) is 104 cm³/mol. The summed E-state index contributed by atoms with van der Waals surface area (Å²) in [6.07, 6.45) is -0.416. The third-order valence-electron chi connectivity index (χ3n) is 4.18. The molecule has 0 spiro atoms. The summed E-state index contributed by atoms with van der Waals surface area (Å²) in [5.74, 6) is -0.293. The summed E-state index contributed by atoms with van der Waals surface area (Å²) in [7, 11) is 2.69. The van der Waals surface area contributed by atoms with E-state index in [0.29, 0.717) is 41.6 Å². The van der Waals surface area contributed by atoms with Crippen LogP contribution >= 0.6 is 0 Å². The van der Waals surface area contributed by atoms with Crippen LogP contribution in [0.2, 0.25) is 0 Å². The van der Waals surface area contributed by atoms with Crippen LogP contribution < -0.4 is 19.7 Å². The topological polar surface area (TPSA) is 103 Å². The number of esters is 1. The lowest BCUT2D eigenvalue weighted by atomic mass is 10.1. The molecule has 9 nitrogen and oxygen atoms in total. The van der Waals surface area contributed by atoms with Crippen LogP contribution in [0.1, 0.15) is 10.4 Å². The van der Waals surface area contributed by atoms with Crippen LogP contribution in [0.4, 0.5) is 16.2 Å². The van der Waals surface area contributed by atoms with Gasteiger partial charge in [-0.05, 0) is 36.4 Å². The Labute approximate surface area is 167 Å². The van der Waals surface area contributed by atoms with Crippen LogP contribution in [-0.2, 0) is 14.3 Å². The number of hydrogen-bond donors (Lipinski definition) is 1. The summed E-state index contributed by atoms with van der Waals surface area (Å²) < 4.78 is 20.0. The molecule has 9 heteroatoms. The normalized spacial score (nSPS) is 12.9. The van der Waals surface area contributed by atoms with Crippen LogP contribution in [0.3, 0.4) is 0 Å². The van der Waals surface area contributed by atoms with Crippen LogP contribution in [0.25, 0.3) is 0 Å². The van der Waals surface area contributed by atoms with Gasteiger partial charge >= 0.3 is 12.1 Å². The van der Waals surface area contributed by atoms with Gasteiger partial charge in [-0.2, -0.15) is 0 Å². The van der Waals surface area contributed by atoms with Crippen molar-refractivity contribution < 1.29 is 33.3 Å². The molecule has 0 atom stereocenters. The van der Waals surface area contributed by atoms with Crippen LogP contribution in [0, 0.1) is 0 Å². The number of amides is 2. The zero-order valence-electron chi connectivity index (χ0n) is 16.0. The SMILES string of the molecule is COC(=O)COc1ccc(C(=O)Nc2cccc(N3CCOC3=O)c2)cc1OC. The number of cyclic esters (lactones) is 1. The van der Waals surface area contributed by atoms with E-state index in [2.05, 4.69) is 10.1 Å². The number of benzene rings is 2. The monoisotopic (exact) mass is 400 g/mol. The molecular weight excluding hydrogens is 380 g/mol. The highest BCUT2D eigenvalue weighted by Crippen LogP contribution is 2.29. The highest BCUT2D eigenvalue weighted by atomic mass is 16.6. The van der Waals surface area contributed by atoms with Crippen molar-refractivity contribution in [2.75, 3.05) is 44.2 Å². The van der Waals surface area contributed by atoms with Crippen LogP contribution in [0.15, 0.2) is 42.5 Å². The Kier molecular flexibility index (Phi) is 6.18. The van der Waals surface area contributed by atoms with Crippen molar-refractivity contribution in [1.29, 1.82) is 0 Å². The van der Waals surface area contributed by atoms with E-state index in [-0.39, 0.29) is 12.5 Å². The van der Waals surface area contributed by atoms with Crippen molar-refractivity contribution in [1.82, 2.24) is 0 Å². The number of hydrogen-bond acceptors (Lipinski definition) is 7. The van der Waals surface area contributed by atoms with Crippen LogP contribution in [-0.4, -0.2) is 51.9 Å². The van der Waals surface area contributed by atoms with Gasteiger partial charge in [0.05, 0.1) is 20.8 Å². The maximum absolute atomic E-state index is 12.6. The number of nitrogens with one attached hydrogen (secondary N) is 1. The second-order valence-electron chi connectivity index (χ2n) is 6.00. The van der Waals surface area contributed by atoms with E-state index < -0.39 is 12.1 Å². The van der Waals surface area contributed by atoms with E-state index in [4.69, 9.17) is 14.2 Å². The van der Waals surface area contributed by atoms with Crippen molar-refractivity contribution in [2.45, 2.75) is 0 Å². The van der Waals surface area contributed by atoms with E-state index >= 15 is 0 Å². The second-order valence-corrected chi connectivity index (χ2v) is 6.00. The highest BCUT2D eigenvalue weighted by Gasteiger charge is 2.23. The third kappa shape index (κ3) is 4.75. The molecular formula is C20H20N2O7. The molecule has 0 unspecified atom stereocenters. The number of methoxy groups -OCH3 is 2. The van der Waals surface area contributed by atoms with Gasteiger partial charge in [-0.1, -0.05) is 6.07 Å². The zero-order valence-corrected chi connectivity index (χ0v) is 16.0. The summed E-state index contributed by atoms with van der Waals surface area (Å²) in [6, 6.07) is 11.5. The van der Waals surface area contributed by atoms with E-state index in [9.17, 15) is 14.4 Å². The molecule has 3 rings (SSSR count). The largest absolute Gasteiger partial charge is 0.493 e. The molecule has 0 aliphatic carbocycles. The summed E-state index contributed by atoms with van der Waals surface area (Å²) in [4.78, 5) is 37.0. The Morgan fingerprint density at radius 2 is 1.97 bits per heavy atom. The smallest absolute Gasteiger partial charge is 0.414 e. The van der Waals surface area contributed by atoms with Crippen molar-refractivity contribution in [3.63, 3.8) is 0 Å². The number of rotatable bonds is 7. The van der Waals surface area contributed by atoms with Gasteiger partial charge in [-0.3, -0.25) is 9.69 Å². The fourth-order valence-corrected chi connectivity index (χ4v) is 2.71. The first-order valence-corrected chi connectivity index (χ1v) is 8.75. The average Bonchev–Trinajstić information content (AvgIpc) is 3.17. The summed E-state index contributed by atoms with van der Waals surface area (Å²) in [5.41, 5.74) is 1.49. The predicted octanol–water partition coefficient (Wildman–Crippen LogP) is 2.46. The number of carbonyl (C=O) groups is 3. The summed E-state index contributed by atoms with van der Waals surface area (Å²) >= 11 is 0. The molecule has 1 heterocycles. The molecule has 1 N–H and O–H groups in total. The average molecular weight is 400 g/mol. The Morgan fingerprint density at radius 3 is 2.66 bits per heavy atom. The van der Waals surface area contributed by atoms with Gasteiger partial charge < -0.3 is 24.3 Å². The van der Waals surface area contributed by atoms with Gasteiger partial charge in [0.15, 0.2) is 18.1 Å². The molecule has 2 aromatic carbocycles. The minimum absolute atomic E-state index is 0.274. The molecule has 29 heavy (non-hydrogen) atoms. The standard InChI is InChI=1S/C20H20N2O7/c1-26-17-10-13(6-7-16(17)29-12-18(23)27-2)19(24)21-14-4-3-5-15(11-14)22-8-9-28-20(22)25/h3-7,10-11H,8-9,12H2,1-2H3,(H,21,24). The molecule has 0 bridgehead atoms. The lowest BCUT2D eigenvalue weighted by Gasteiger charge is -2.15. The quantitative estimate of drug-likeness (QED) is 0.712. The maximum Gasteiger partial charge on any atom is 0.414 e. The van der Waals surface area contributed by atoms with Crippen molar-refractivity contribution >= 4 is 29.3 Å². The van der Waals surface area contributed by atoms with Crippen LogP contribution in [0.5, 0.6) is 11.5 Å². The van der Waals surface area contributed by atoms with Gasteiger partial charge in [0, 0.05) is 16.9 Å². The zero-order chi connectivity index (χ0) is 20.8. The van der Waals surface area contributed by atoms with Gasteiger partial charge in [0.1, 0.15) is 6.61 Å². The molecule has 2 aromatic rings. The molecule has 0 radical (unpaired) electrons. The molecule has 0 saturated carbocycles. The third-order valence-corrected chi connectivity index (χ3v) is 4.18. The molecule has 2 amide bonds. The van der Waals surface area contributed by atoms with Gasteiger partial charge in [-0.25, -0.2) is 9.59 Å². The van der Waals surface area contributed by atoms with Crippen molar-refractivity contribution in [3.05, 3.63) is 48.0 Å². The highest BCUT2D eigenvalue weighted by molar-refractivity contribution is 6.05. The number of carbonyl (C=O) groups excluding carboxylic acids is 3. The molecule has 1 saturated heterocycles. The van der Waals surface area contributed by atoms with Crippen molar-refractivity contribution in [3.8, 4) is 11.5 Å². The van der Waals surface area contributed by atoms with Gasteiger partial charge in [0.25, 0.3) is 5.91 Å². The lowest BCUT2D eigenvalue weighted by Crippen LogP contribution is -2.23. The molecule has 1 fully saturated rings. The lowest BCUT2D eigenvalue weighted by molar-refractivity contribution is -0.142. The van der Waals surface area contributed by atoms with Gasteiger partial charge in [-0.15, -0.1) is 0 Å². The second kappa shape index (κ2) is 8.96. The van der Waals surface area contributed by atoms with E-state index in [1.807, 2.05) is 0 Å². The number of ether oxygens (including phenoxy) is 4. The molecule has 0 aromatic heterocycles. The Morgan fingerprint density at radius 1 is 1.14 bits per heavy atom. The first-order valence-electron chi connectivity index (χ1n) is 8.75. The van der Waals surface area contributed by atoms with E-state index in [0.717, 1.165) is 0 Å². The molecule has 1 aliphatic rings. The van der Waals surface area contributed by atoms with E-state index in [1.165, 1.54) is 31.3 Å². The summed E-state index contributed by atoms with van der Waals surface area (Å²) in [6.45, 7) is 0.518. The molecule has 1 aliphatic heterocycles. The Hall–Kier alpha value is -3.75. The first kappa shape index (κ1) is 20.0. The fourth-order valence-electron chi connectivity index (χ4n) is 2.71.